The summed E-state index contributed by atoms with van der Waals surface area (Å²) < 4.78 is 17.3. The lowest BCUT2D eigenvalue weighted by atomic mass is 9.37. The highest BCUT2D eigenvalue weighted by atomic mass is 16.6. The molecular formula is C26H32O10-2. The van der Waals surface area contributed by atoms with Crippen molar-refractivity contribution >= 4 is 17.7 Å². The summed E-state index contributed by atoms with van der Waals surface area (Å²) in [6.07, 6.45) is -0.877. The Morgan fingerprint density at radius 3 is 2.39 bits per heavy atom. The first-order valence-corrected chi connectivity index (χ1v) is 12.3. The lowest BCUT2D eigenvalue weighted by Gasteiger charge is -2.64. The molecule has 2 aliphatic carbocycles. The van der Waals surface area contributed by atoms with Gasteiger partial charge in [0.15, 0.2) is 0 Å². The highest BCUT2D eigenvalue weighted by Crippen LogP contribution is 2.77. The second-order valence-electron chi connectivity index (χ2n) is 12.0. The molecule has 0 aromatic carbocycles. The first kappa shape index (κ1) is 25.4. The van der Waals surface area contributed by atoms with E-state index in [0.717, 1.165) is 0 Å². The Hall–Kier alpha value is -2.27. The molecule has 3 heterocycles. The van der Waals surface area contributed by atoms with Gasteiger partial charge in [0.2, 0.25) is 0 Å². The molecule has 2 saturated heterocycles. The number of carbonyl (C=O) groups is 3. The second-order valence-corrected chi connectivity index (χ2v) is 12.0. The van der Waals surface area contributed by atoms with Crippen molar-refractivity contribution in [3.05, 3.63) is 24.2 Å². The van der Waals surface area contributed by atoms with E-state index in [1.54, 1.807) is 33.8 Å². The van der Waals surface area contributed by atoms with Crippen LogP contribution < -0.4 is 10.2 Å². The van der Waals surface area contributed by atoms with Crippen LogP contribution in [0.4, 0.5) is 0 Å². The fourth-order valence-corrected chi connectivity index (χ4v) is 8.75. The Kier molecular flexibility index (Phi) is 5.38. The summed E-state index contributed by atoms with van der Waals surface area (Å²) in [5.41, 5.74) is -6.02. The van der Waals surface area contributed by atoms with Gasteiger partial charge in [-0.05, 0) is 45.6 Å². The van der Waals surface area contributed by atoms with Crippen molar-refractivity contribution in [2.24, 2.45) is 28.1 Å². The molecular weight excluding hydrogens is 472 g/mol. The van der Waals surface area contributed by atoms with Gasteiger partial charge in [-0.25, -0.2) is 0 Å². The number of carbonyl (C=O) groups excluding carboxylic acids is 3. The molecule has 198 valence electrons. The summed E-state index contributed by atoms with van der Waals surface area (Å²) in [4.78, 5) is 38.1. The van der Waals surface area contributed by atoms with E-state index in [2.05, 4.69) is 0 Å². The summed E-state index contributed by atoms with van der Waals surface area (Å²) >= 11 is 0. The Labute approximate surface area is 208 Å². The van der Waals surface area contributed by atoms with Gasteiger partial charge in [0.1, 0.15) is 17.5 Å². The predicted octanol–water partition coefficient (Wildman–Crippen LogP) is -0.492. The van der Waals surface area contributed by atoms with E-state index in [9.17, 15) is 34.8 Å². The van der Waals surface area contributed by atoms with Crippen molar-refractivity contribution < 1.29 is 48.7 Å². The average molecular weight is 505 g/mol. The fraction of sp³-hybridized carbons (Fsp3) is 0.731. The number of epoxide rings is 1. The number of fused-ring (bicyclic) bond motifs is 4. The van der Waals surface area contributed by atoms with E-state index >= 15 is 0 Å². The monoisotopic (exact) mass is 504 g/mol. The molecule has 2 aliphatic heterocycles. The van der Waals surface area contributed by atoms with Crippen LogP contribution in [0.3, 0.4) is 0 Å². The maximum atomic E-state index is 14.1. The lowest BCUT2D eigenvalue weighted by Crippen LogP contribution is -2.71. The van der Waals surface area contributed by atoms with Gasteiger partial charge in [-0.15, -0.1) is 0 Å². The van der Waals surface area contributed by atoms with E-state index in [0.29, 0.717) is 12.0 Å². The molecule has 0 amide bonds. The number of furan rings is 1. The smallest absolute Gasteiger partial charge is 0.142 e. The maximum absolute atomic E-state index is 14.1. The van der Waals surface area contributed by atoms with E-state index in [1.165, 1.54) is 12.5 Å². The zero-order chi connectivity index (χ0) is 26.5. The number of rotatable bonds is 6. The molecule has 2 N–H and O–H groups in total. The molecule has 1 unspecified atom stereocenters. The number of aliphatic hydroxyl groups is 2. The van der Waals surface area contributed by atoms with Crippen molar-refractivity contribution in [3.63, 3.8) is 0 Å². The van der Waals surface area contributed by atoms with Crippen LogP contribution in [-0.4, -0.2) is 58.0 Å². The summed E-state index contributed by atoms with van der Waals surface area (Å²) in [5.74, 6) is -4.29. The highest BCUT2D eigenvalue weighted by molar-refractivity contribution is 5.92. The number of hydrogen-bond acceptors (Lipinski definition) is 10. The van der Waals surface area contributed by atoms with Crippen molar-refractivity contribution in [2.75, 3.05) is 6.61 Å². The van der Waals surface area contributed by atoms with Crippen LogP contribution in [-0.2, 0) is 23.9 Å². The van der Waals surface area contributed by atoms with E-state index < -0.39 is 82.6 Å². The summed E-state index contributed by atoms with van der Waals surface area (Å²) in [5, 5.41) is 46.4. The van der Waals surface area contributed by atoms with Gasteiger partial charge in [-0.3, -0.25) is 4.79 Å². The van der Waals surface area contributed by atoms with E-state index in [-0.39, 0.29) is 18.6 Å². The molecule has 0 radical (unpaired) electrons. The fourth-order valence-electron chi connectivity index (χ4n) is 8.75. The Bertz CT molecular complexity index is 1100. The molecule has 10 nitrogen and oxygen atoms in total. The second kappa shape index (κ2) is 7.63. The van der Waals surface area contributed by atoms with Gasteiger partial charge in [-0.1, -0.05) is 6.92 Å². The summed E-state index contributed by atoms with van der Waals surface area (Å²) in [6, 6.07) is 1.58. The average Bonchev–Trinajstić information content (AvgIpc) is 3.27. The first-order valence-electron chi connectivity index (χ1n) is 12.3. The standard InChI is InChI=1S/C26H34O10/c1-22(2)15-9-16(28)24(4)14(25(15,12-27)17(35-22)10-18(29)30)5-7-23(3,19(31)13-6-8-34-11-13)26(24)20(36-26)21(32)33/h6,8,11,14-15,17,19-20,27,31H,5,7,9-10,12H2,1-4H3,(H,29,30)(H,32,33)/p-2/t14-,15-,17-,19-,20+,23-,24-,25?,26+/m0/s1. The van der Waals surface area contributed by atoms with Gasteiger partial charge >= 0.3 is 0 Å². The van der Waals surface area contributed by atoms with E-state index in [1.807, 2.05) is 0 Å². The number of Topliss-reactive ketones (excluding diaryl/α,β-unsaturated/α-hetero) is 1. The number of aliphatic carboxylic acids is 2. The predicted molar refractivity (Wildman–Crippen MR) is 116 cm³/mol. The molecule has 1 aromatic rings. The zero-order valence-electron chi connectivity index (χ0n) is 20.8. The molecule has 2 saturated carbocycles. The molecule has 9 atom stereocenters. The lowest BCUT2D eigenvalue weighted by molar-refractivity contribution is -0.309. The van der Waals surface area contributed by atoms with Crippen LogP contribution in [0.1, 0.15) is 65.0 Å². The third-order valence-electron chi connectivity index (χ3n) is 10.3. The van der Waals surface area contributed by atoms with Gasteiger partial charge in [0, 0.05) is 41.1 Å². The number of carboxylic acid groups (broad SMARTS) is 2. The van der Waals surface area contributed by atoms with Gasteiger partial charge in [0.05, 0.1) is 48.3 Å². The number of aliphatic hydroxyl groups excluding tert-OH is 2. The third kappa shape index (κ3) is 2.78. The Balaban J connectivity index is 1.70. The largest absolute Gasteiger partial charge is 0.550 e. The molecule has 36 heavy (non-hydrogen) atoms. The van der Waals surface area contributed by atoms with E-state index in [4.69, 9.17) is 13.9 Å². The SMILES string of the molecule is CC1(C)O[C@@H](CC(=O)[O-])C2(CO)[C@H]3CC[C@@](C)([C@@H](O)c4ccoc4)[C@@]4(O[C@@H]4C(=O)[O-])[C@]3(C)C(=O)C[C@@H]12. The quantitative estimate of drug-likeness (QED) is 0.481. The Morgan fingerprint density at radius 1 is 1.17 bits per heavy atom. The molecule has 5 rings (SSSR count). The van der Waals surface area contributed by atoms with Gasteiger partial charge < -0.3 is 43.9 Å². The minimum Gasteiger partial charge on any atom is -0.550 e. The van der Waals surface area contributed by atoms with Gasteiger partial charge in [0.25, 0.3) is 0 Å². The zero-order valence-corrected chi connectivity index (χ0v) is 20.8. The normalized spacial score (nSPS) is 45.7. The highest BCUT2D eigenvalue weighted by Gasteiger charge is 2.86. The number of hydrogen-bond donors (Lipinski definition) is 2. The topological polar surface area (TPSA) is 173 Å². The van der Waals surface area contributed by atoms with Crippen molar-refractivity contribution in [2.45, 2.75) is 82.9 Å². The van der Waals surface area contributed by atoms with Crippen LogP contribution in [0.25, 0.3) is 0 Å². The number of ether oxygens (including phenoxy) is 2. The molecule has 1 aromatic heterocycles. The van der Waals surface area contributed by atoms with Crippen LogP contribution in [0.5, 0.6) is 0 Å². The molecule has 4 aliphatic rings. The van der Waals surface area contributed by atoms with Crippen LogP contribution in [0.2, 0.25) is 0 Å². The number of ketones is 1. The third-order valence-corrected chi connectivity index (χ3v) is 10.3. The molecule has 4 fully saturated rings. The molecule has 10 heteroatoms. The maximum Gasteiger partial charge on any atom is 0.142 e. The van der Waals surface area contributed by atoms with Crippen LogP contribution in [0, 0.1) is 28.1 Å². The van der Waals surface area contributed by atoms with Crippen LogP contribution in [0.15, 0.2) is 23.0 Å². The van der Waals surface area contributed by atoms with Crippen molar-refractivity contribution in [3.8, 4) is 0 Å². The van der Waals surface area contributed by atoms with Crippen molar-refractivity contribution in [1.82, 2.24) is 0 Å². The summed E-state index contributed by atoms with van der Waals surface area (Å²) in [7, 11) is 0. The van der Waals surface area contributed by atoms with Crippen LogP contribution >= 0.6 is 0 Å². The van der Waals surface area contributed by atoms with Crippen molar-refractivity contribution in [1.29, 1.82) is 0 Å². The molecule has 1 spiro atoms. The van der Waals surface area contributed by atoms with Gasteiger partial charge in [-0.2, -0.15) is 0 Å². The number of carboxylic acids is 2. The summed E-state index contributed by atoms with van der Waals surface area (Å²) in [6.45, 7) is 6.43. The Morgan fingerprint density at radius 2 is 1.86 bits per heavy atom. The first-order chi connectivity index (χ1) is 16.7. The minimum atomic E-state index is -1.65. The molecule has 0 bridgehead atoms. The minimum absolute atomic E-state index is 0.0626.